The molecule has 3 heterocycles. The van der Waals surface area contributed by atoms with Crippen LogP contribution in [0.15, 0.2) is 60.0 Å². The minimum absolute atomic E-state index is 0.0685. The van der Waals surface area contributed by atoms with E-state index in [-0.39, 0.29) is 31.2 Å². The molecule has 0 aliphatic carbocycles. The zero-order chi connectivity index (χ0) is 25.8. The van der Waals surface area contributed by atoms with Crippen molar-refractivity contribution in [2.45, 2.75) is 25.6 Å². The Labute approximate surface area is 219 Å². The summed E-state index contributed by atoms with van der Waals surface area (Å²) >= 11 is 1.63. The van der Waals surface area contributed by atoms with E-state index in [9.17, 15) is 14.0 Å². The highest BCUT2D eigenvalue weighted by Gasteiger charge is 2.32. The van der Waals surface area contributed by atoms with Crippen molar-refractivity contribution in [3.63, 3.8) is 0 Å². The van der Waals surface area contributed by atoms with E-state index in [0.29, 0.717) is 11.5 Å². The Morgan fingerprint density at radius 3 is 2.49 bits per heavy atom. The number of carbonyl (C=O) groups is 2. The molecule has 8 nitrogen and oxygen atoms in total. The molecule has 0 saturated carbocycles. The molecule has 0 unspecified atom stereocenters. The third kappa shape index (κ3) is 5.86. The van der Waals surface area contributed by atoms with Crippen molar-refractivity contribution in [3.8, 4) is 11.5 Å². The number of anilines is 1. The number of amides is 2. The predicted molar refractivity (Wildman–Crippen MR) is 139 cm³/mol. The van der Waals surface area contributed by atoms with Gasteiger partial charge in [-0.15, -0.1) is 11.3 Å². The number of ether oxygens (including phenoxy) is 2. The number of hydrogen-bond donors (Lipinski definition) is 2. The largest absolute Gasteiger partial charge is 0.454 e. The number of piperazine rings is 1. The lowest BCUT2D eigenvalue weighted by Gasteiger charge is -2.42. The van der Waals surface area contributed by atoms with Gasteiger partial charge in [0.25, 0.3) is 0 Å². The summed E-state index contributed by atoms with van der Waals surface area (Å²) in [6, 6.07) is 15.6. The van der Waals surface area contributed by atoms with E-state index in [1.807, 2.05) is 24.4 Å². The molecule has 5 rings (SSSR count). The molecule has 1 saturated heterocycles. The number of hydrogen-bond acceptors (Lipinski definition) is 7. The van der Waals surface area contributed by atoms with Crippen molar-refractivity contribution >= 4 is 28.8 Å². The Kier molecular flexibility index (Phi) is 7.57. The highest BCUT2D eigenvalue weighted by atomic mass is 32.1. The Balaban J connectivity index is 1.18. The lowest BCUT2D eigenvalue weighted by molar-refractivity contribution is -0.140. The van der Waals surface area contributed by atoms with Crippen LogP contribution in [0, 0.1) is 5.82 Å². The first-order valence-corrected chi connectivity index (χ1v) is 13.1. The maximum Gasteiger partial charge on any atom is 0.309 e. The lowest BCUT2D eigenvalue weighted by atomic mass is 10.0. The number of halogens is 1. The molecule has 2 amide bonds. The molecule has 0 spiro atoms. The number of rotatable bonds is 7. The predicted octanol–water partition coefficient (Wildman–Crippen LogP) is 3.30. The summed E-state index contributed by atoms with van der Waals surface area (Å²) in [5.74, 6) is -0.303. The molecule has 1 aromatic heterocycles. The average Bonchev–Trinajstić information content (AvgIpc) is 3.60. The van der Waals surface area contributed by atoms with Crippen molar-refractivity contribution in [1.82, 2.24) is 15.5 Å². The SMILES string of the molecule is C[C@@H](NC(=O)C(=O)NCc1ccc2c(c1)OCO2)[C@H](c1cccs1)N1CCN(c2ccc(F)cc2)CC1. The summed E-state index contributed by atoms with van der Waals surface area (Å²) in [6.07, 6.45) is 0. The molecule has 1 fully saturated rings. The highest BCUT2D eigenvalue weighted by Crippen LogP contribution is 2.33. The molecule has 2 aromatic carbocycles. The average molecular weight is 525 g/mol. The van der Waals surface area contributed by atoms with Crippen LogP contribution in [-0.4, -0.2) is 55.7 Å². The normalized spacial score (nSPS) is 16.8. The van der Waals surface area contributed by atoms with Crippen LogP contribution in [0.5, 0.6) is 11.5 Å². The Hall–Kier alpha value is -3.63. The molecular formula is C27H29FN4O4S. The van der Waals surface area contributed by atoms with Crippen molar-refractivity contribution in [1.29, 1.82) is 0 Å². The summed E-state index contributed by atoms with van der Waals surface area (Å²) in [7, 11) is 0. The van der Waals surface area contributed by atoms with Crippen LogP contribution in [-0.2, 0) is 16.1 Å². The van der Waals surface area contributed by atoms with Crippen LogP contribution in [0.1, 0.15) is 23.4 Å². The fourth-order valence-electron chi connectivity index (χ4n) is 4.78. The van der Waals surface area contributed by atoms with Gasteiger partial charge in [0.05, 0.1) is 6.04 Å². The number of thiophene rings is 1. The Morgan fingerprint density at radius 2 is 1.76 bits per heavy atom. The van der Waals surface area contributed by atoms with E-state index < -0.39 is 11.8 Å². The summed E-state index contributed by atoms with van der Waals surface area (Å²) in [4.78, 5) is 31.0. The quantitative estimate of drug-likeness (QED) is 0.462. The van der Waals surface area contributed by atoms with Gasteiger partial charge in [-0.05, 0) is 60.3 Å². The van der Waals surface area contributed by atoms with Gasteiger partial charge in [0, 0.05) is 49.3 Å². The van der Waals surface area contributed by atoms with Crippen LogP contribution in [0.2, 0.25) is 0 Å². The van der Waals surface area contributed by atoms with Gasteiger partial charge in [-0.25, -0.2) is 4.39 Å². The highest BCUT2D eigenvalue weighted by molar-refractivity contribution is 7.10. The van der Waals surface area contributed by atoms with Crippen molar-refractivity contribution < 1.29 is 23.5 Å². The van der Waals surface area contributed by atoms with Crippen LogP contribution >= 0.6 is 11.3 Å². The molecule has 37 heavy (non-hydrogen) atoms. The third-order valence-corrected chi connectivity index (χ3v) is 7.61. The molecule has 2 atom stereocenters. The summed E-state index contributed by atoms with van der Waals surface area (Å²) in [5, 5.41) is 7.61. The Bertz CT molecular complexity index is 1230. The monoisotopic (exact) mass is 524 g/mol. The third-order valence-electron chi connectivity index (χ3n) is 6.66. The zero-order valence-electron chi connectivity index (χ0n) is 20.5. The van der Waals surface area contributed by atoms with E-state index in [1.165, 1.54) is 12.1 Å². The Morgan fingerprint density at radius 1 is 1.00 bits per heavy atom. The van der Waals surface area contributed by atoms with Gasteiger partial charge in [0.15, 0.2) is 11.5 Å². The van der Waals surface area contributed by atoms with E-state index in [2.05, 4.69) is 26.5 Å². The zero-order valence-corrected chi connectivity index (χ0v) is 21.3. The van der Waals surface area contributed by atoms with E-state index in [1.54, 1.807) is 35.6 Å². The minimum atomic E-state index is -0.685. The molecule has 2 aliphatic heterocycles. The number of benzene rings is 2. The minimum Gasteiger partial charge on any atom is -0.454 e. The standard InChI is InChI=1S/C27H29FN4O4S/c1-18(30-27(34)26(33)29-16-19-4-9-22-23(15-19)36-17-35-22)25(24-3-2-14-37-24)32-12-10-31(11-13-32)21-7-5-20(28)6-8-21/h2-9,14-15,18,25H,10-13,16-17H2,1H3,(H,29,33)(H,30,34)/t18-,25-/m1/s1. The van der Waals surface area contributed by atoms with Gasteiger partial charge in [-0.2, -0.15) is 0 Å². The van der Waals surface area contributed by atoms with Crippen molar-refractivity contribution in [2.24, 2.45) is 0 Å². The number of carbonyl (C=O) groups excluding carboxylic acids is 2. The van der Waals surface area contributed by atoms with Crippen LogP contribution in [0.25, 0.3) is 0 Å². The van der Waals surface area contributed by atoms with E-state index in [4.69, 9.17) is 9.47 Å². The maximum absolute atomic E-state index is 13.3. The van der Waals surface area contributed by atoms with Gasteiger partial charge in [0.2, 0.25) is 6.79 Å². The second-order valence-corrected chi connectivity index (χ2v) is 10.1. The second-order valence-electron chi connectivity index (χ2n) is 9.09. The smallest absolute Gasteiger partial charge is 0.309 e. The summed E-state index contributed by atoms with van der Waals surface area (Å²) in [6.45, 7) is 5.43. The van der Waals surface area contributed by atoms with Crippen LogP contribution < -0.4 is 25.0 Å². The fourth-order valence-corrected chi connectivity index (χ4v) is 5.74. The number of nitrogens with one attached hydrogen (secondary N) is 2. The molecule has 194 valence electrons. The van der Waals surface area contributed by atoms with Crippen LogP contribution in [0.3, 0.4) is 0 Å². The first-order chi connectivity index (χ1) is 18.0. The van der Waals surface area contributed by atoms with E-state index >= 15 is 0 Å². The molecule has 3 aromatic rings. The molecule has 0 bridgehead atoms. The van der Waals surface area contributed by atoms with Gasteiger partial charge in [0.1, 0.15) is 5.82 Å². The molecule has 2 aliphatic rings. The first-order valence-electron chi connectivity index (χ1n) is 12.2. The second kappa shape index (κ2) is 11.2. The molecule has 10 heteroatoms. The van der Waals surface area contributed by atoms with Gasteiger partial charge < -0.3 is 25.0 Å². The van der Waals surface area contributed by atoms with Gasteiger partial charge in [-0.1, -0.05) is 12.1 Å². The lowest BCUT2D eigenvalue weighted by Crippen LogP contribution is -2.53. The number of nitrogens with zero attached hydrogens (tertiary/aromatic N) is 2. The first kappa shape index (κ1) is 25.0. The number of fused-ring (bicyclic) bond motifs is 1. The van der Waals surface area contributed by atoms with Crippen molar-refractivity contribution in [3.05, 3.63) is 76.2 Å². The van der Waals surface area contributed by atoms with Crippen LogP contribution in [0.4, 0.5) is 10.1 Å². The van der Waals surface area contributed by atoms with Gasteiger partial charge >= 0.3 is 11.8 Å². The fraction of sp³-hybridized carbons (Fsp3) is 0.333. The topological polar surface area (TPSA) is 83.1 Å². The van der Waals surface area contributed by atoms with Gasteiger partial charge in [-0.3, -0.25) is 14.5 Å². The summed E-state index contributed by atoms with van der Waals surface area (Å²) in [5.41, 5.74) is 1.81. The molecular weight excluding hydrogens is 495 g/mol. The van der Waals surface area contributed by atoms with E-state index in [0.717, 1.165) is 42.3 Å². The van der Waals surface area contributed by atoms with Crippen molar-refractivity contribution in [2.75, 3.05) is 37.9 Å². The summed E-state index contributed by atoms with van der Waals surface area (Å²) < 4.78 is 24.0. The molecule has 0 radical (unpaired) electrons. The maximum atomic E-state index is 13.3. The molecule has 2 N–H and O–H groups in total.